The lowest BCUT2D eigenvalue weighted by molar-refractivity contribution is -0.123. The molecule has 1 aliphatic rings. The van der Waals surface area contributed by atoms with E-state index in [1.807, 2.05) is 30.3 Å². The Bertz CT molecular complexity index is 845. The molecular weight excluding hydrogens is 334 g/mol. The molecule has 0 spiro atoms. The number of ether oxygens (including phenoxy) is 2. The van der Waals surface area contributed by atoms with E-state index in [-0.39, 0.29) is 54.2 Å². The molecule has 0 radical (unpaired) electrons. The molecule has 2 aromatic rings. The predicted molar refractivity (Wildman–Crippen MR) is 94.7 cm³/mol. The van der Waals surface area contributed by atoms with Crippen LogP contribution >= 0.6 is 0 Å². The molecular formula is C20H19NO5. The Morgan fingerprint density at radius 2 is 1.92 bits per heavy atom. The van der Waals surface area contributed by atoms with Crippen molar-refractivity contribution in [1.82, 2.24) is 5.32 Å². The van der Waals surface area contributed by atoms with Crippen LogP contribution in [-0.4, -0.2) is 30.7 Å². The lowest BCUT2D eigenvalue weighted by Crippen LogP contribution is -2.29. The third kappa shape index (κ3) is 3.91. The third-order valence-electron chi connectivity index (χ3n) is 4.04. The summed E-state index contributed by atoms with van der Waals surface area (Å²) in [6.45, 7) is 1.81. The van der Waals surface area contributed by atoms with Gasteiger partial charge in [0, 0.05) is 13.0 Å². The smallest absolute Gasteiger partial charge is 0.258 e. The van der Waals surface area contributed by atoms with E-state index in [4.69, 9.17) is 9.47 Å². The van der Waals surface area contributed by atoms with Gasteiger partial charge in [-0.05, 0) is 24.6 Å². The van der Waals surface area contributed by atoms with Gasteiger partial charge >= 0.3 is 0 Å². The first-order valence-corrected chi connectivity index (χ1v) is 8.33. The fraction of sp³-hybridized carbons (Fsp3) is 0.250. The van der Waals surface area contributed by atoms with Crippen LogP contribution < -0.4 is 14.8 Å². The zero-order valence-corrected chi connectivity index (χ0v) is 14.4. The predicted octanol–water partition coefficient (Wildman–Crippen LogP) is 2.55. The minimum atomic E-state index is -0.303. The quantitative estimate of drug-likeness (QED) is 0.807. The molecule has 6 heteroatoms. The number of benzene rings is 2. The summed E-state index contributed by atoms with van der Waals surface area (Å²) in [5.74, 6) is -0.153. The second-order valence-electron chi connectivity index (χ2n) is 5.94. The van der Waals surface area contributed by atoms with Gasteiger partial charge in [0.1, 0.15) is 17.1 Å². The molecule has 2 aromatic carbocycles. The van der Waals surface area contributed by atoms with E-state index in [9.17, 15) is 14.4 Å². The van der Waals surface area contributed by atoms with Crippen molar-refractivity contribution in [3.63, 3.8) is 0 Å². The van der Waals surface area contributed by atoms with Crippen LogP contribution in [0.5, 0.6) is 11.5 Å². The molecule has 0 saturated carbocycles. The van der Waals surface area contributed by atoms with Gasteiger partial charge in [-0.15, -0.1) is 0 Å². The number of carbonyl (C=O) groups is 3. The van der Waals surface area contributed by atoms with E-state index in [1.165, 1.54) is 13.0 Å². The SMILES string of the molecule is CC(=O)c1ccc(OCC(=O)NCc2ccccc2)c2c1OCCC2=O. The van der Waals surface area contributed by atoms with Crippen LogP contribution in [0.25, 0.3) is 0 Å². The summed E-state index contributed by atoms with van der Waals surface area (Å²) >= 11 is 0. The molecule has 0 aromatic heterocycles. The minimum Gasteiger partial charge on any atom is -0.491 e. The Morgan fingerprint density at radius 3 is 2.65 bits per heavy atom. The van der Waals surface area contributed by atoms with E-state index in [0.29, 0.717) is 12.1 Å². The van der Waals surface area contributed by atoms with Gasteiger partial charge in [-0.3, -0.25) is 14.4 Å². The maximum atomic E-state index is 12.3. The first-order valence-electron chi connectivity index (χ1n) is 8.33. The first-order chi connectivity index (χ1) is 12.6. The van der Waals surface area contributed by atoms with Crippen LogP contribution in [0.15, 0.2) is 42.5 Å². The molecule has 0 fully saturated rings. The summed E-state index contributed by atoms with van der Waals surface area (Å²) in [4.78, 5) is 36.0. The van der Waals surface area contributed by atoms with Crippen LogP contribution in [0.2, 0.25) is 0 Å². The molecule has 134 valence electrons. The van der Waals surface area contributed by atoms with Crippen LogP contribution in [0, 0.1) is 0 Å². The van der Waals surface area contributed by atoms with Crippen LogP contribution in [0.4, 0.5) is 0 Å². The Morgan fingerprint density at radius 1 is 1.15 bits per heavy atom. The molecule has 0 aliphatic carbocycles. The summed E-state index contributed by atoms with van der Waals surface area (Å²) in [6, 6.07) is 12.6. The van der Waals surface area contributed by atoms with Gasteiger partial charge in [-0.25, -0.2) is 0 Å². The maximum absolute atomic E-state index is 12.3. The maximum Gasteiger partial charge on any atom is 0.258 e. The van der Waals surface area contributed by atoms with E-state index in [1.54, 1.807) is 6.07 Å². The number of Topliss-reactive ketones (excluding diaryl/α,β-unsaturated/α-hetero) is 2. The number of amides is 1. The van der Waals surface area contributed by atoms with Crippen molar-refractivity contribution in [1.29, 1.82) is 0 Å². The van der Waals surface area contributed by atoms with Crippen LogP contribution in [-0.2, 0) is 11.3 Å². The van der Waals surface area contributed by atoms with E-state index in [2.05, 4.69) is 5.32 Å². The fourth-order valence-corrected chi connectivity index (χ4v) is 2.74. The Balaban J connectivity index is 1.69. The lowest BCUT2D eigenvalue weighted by Gasteiger charge is -2.21. The van der Waals surface area contributed by atoms with Crippen molar-refractivity contribution < 1.29 is 23.9 Å². The highest BCUT2D eigenvalue weighted by molar-refractivity contribution is 6.07. The summed E-state index contributed by atoms with van der Waals surface area (Å²) in [6.07, 6.45) is 0.213. The van der Waals surface area contributed by atoms with Crippen molar-refractivity contribution in [2.24, 2.45) is 0 Å². The van der Waals surface area contributed by atoms with Gasteiger partial charge in [-0.2, -0.15) is 0 Å². The minimum absolute atomic E-state index is 0.158. The molecule has 6 nitrogen and oxygen atoms in total. The number of hydrogen-bond acceptors (Lipinski definition) is 5. The van der Waals surface area contributed by atoms with Gasteiger partial charge in [0.05, 0.1) is 12.2 Å². The highest BCUT2D eigenvalue weighted by atomic mass is 16.5. The second-order valence-corrected chi connectivity index (χ2v) is 5.94. The molecule has 3 rings (SSSR count). The molecule has 1 N–H and O–H groups in total. The zero-order valence-electron chi connectivity index (χ0n) is 14.4. The average Bonchev–Trinajstić information content (AvgIpc) is 2.65. The summed E-state index contributed by atoms with van der Waals surface area (Å²) in [5.41, 5.74) is 1.56. The average molecular weight is 353 g/mol. The third-order valence-corrected chi connectivity index (χ3v) is 4.04. The largest absolute Gasteiger partial charge is 0.491 e. The van der Waals surface area contributed by atoms with Crippen molar-refractivity contribution in [2.45, 2.75) is 19.9 Å². The normalized spacial score (nSPS) is 12.7. The first kappa shape index (κ1) is 17.7. The van der Waals surface area contributed by atoms with Crippen molar-refractivity contribution in [3.8, 4) is 11.5 Å². The molecule has 0 unspecified atom stereocenters. The van der Waals surface area contributed by atoms with E-state index < -0.39 is 0 Å². The number of carbonyl (C=O) groups excluding carboxylic acids is 3. The van der Waals surface area contributed by atoms with Gasteiger partial charge in [-0.1, -0.05) is 30.3 Å². The topological polar surface area (TPSA) is 81.7 Å². The van der Waals surface area contributed by atoms with Crippen molar-refractivity contribution >= 4 is 17.5 Å². The standard InChI is InChI=1S/C20H19NO5/c1-13(22)15-7-8-17(19-16(23)9-10-25-20(15)19)26-12-18(24)21-11-14-5-3-2-4-6-14/h2-8H,9-12H2,1H3,(H,21,24). The monoisotopic (exact) mass is 353 g/mol. The zero-order chi connectivity index (χ0) is 18.5. The van der Waals surface area contributed by atoms with Crippen molar-refractivity contribution in [2.75, 3.05) is 13.2 Å². The molecule has 0 bridgehead atoms. The van der Waals surface area contributed by atoms with Gasteiger partial charge < -0.3 is 14.8 Å². The number of fused-ring (bicyclic) bond motifs is 1. The van der Waals surface area contributed by atoms with Crippen molar-refractivity contribution in [3.05, 3.63) is 59.2 Å². The number of hydrogen-bond donors (Lipinski definition) is 1. The molecule has 1 heterocycles. The lowest BCUT2D eigenvalue weighted by atomic mass is 9.98. The summed E-state index contributed by atoms with van der Waals surface area (Å²) in [5, 5.41) is 2.76. The Hall–Kier alpha value is -3.15. The highest BCUT2D eigenvalue weighted by Crippen LogP contribution is 2.36. The summed E-state index contributed by atoms with van der Waals surface area (Å²) < 4.78 is 11.1. The second kappa shape index (κ2) is 7.82. The molecule has 1 aliphatic heterocycles. The van der Waals surface area contributed by atoms with Crippen LogP contribution in [0.3, 0.4) is 0 Å². The highest BCUT2D eigenvalue weighted by Gasteiger charge is 2.27. The van der Waals surface area contributed by atoms with Gasteiger partial charge in [0.15, 0.2) is 18.2 Å². The number of nitrogens with one attached hydrogen (secondary N) is 1. The van der Waals surface area contributed by atoms with Crippen LogP contribution in [0.1, 0.15) is 39.6 Å². The number of rotatable bonds is 6. The van der Waals surface area contributed by atoms with Gasteiger partial charge in [0.25, 0.3) is 5.91 Å². The molecule has 0 saturated heterocycles. The van der Waals surface area contributed by atoms with E-state index in [0.717, 1.165) is 5.56 Å². The number of ketones is 2. The summed E-state index contributed by atoms with van der Waals surface area (Å²) in [7, 11) is 0. The van der Waals surface area contributed by atoms with E-state index >= 15 is 0 Å². The molecule has 1 amide bonds. The Kier molecular flexibility index (Phi) is 5.31. The Labute approximate surface area is 151 Å². The molecule has 0 atom stereocenters. The fourth-order valence-electron chi connectivity index (χ4n) is 2.74. The van der Waals surface area contributed by atoms with Gasteiger partial charge in [0.2, 0.25) is 0 Å². The molecule has 26 heavy (non-hydrogen) atoms.